The summed E-state index contributed by atoms with van der Waals surface area (Å²) >= 11 is 0. The zero-order valence-electron chi connectivity index (χ0n) is 16.2. The maximum absolute atomic E-state index is 13.8. The van der Waals surface area contributed by atoms with E-state index in [4.69, 9.17) is 0 Å². The van der Waals surface area contributed by atoms with Gasteiger partial charge >= 0.3 is 0 Å². The summed E-state index contributed by atoms with van der Waals surface area (Å²) < 4.78 is 13.8. The summed E-state index contributed by atoms with van der Waals surface area (Å²) in [4.78, 5) is 4.08. The third kappa shape index (κ3) is 2.44. The monoisotopic (exact) mass is 365 g/mol. The number of aromatic nitrogens is 1. The van der Waals surface area contributed by atoms with E-state index in [1.54, 1.807) is 12.3 Å². The molecule has 0 spiro atoms. The first-order valence-corrected chi connectivity index (χ1v) is 10.3. The topological polar surface area (TPSA) is 33.1 Å². The molecule has 4 aliphatic carbocycles. The average molecular weight is 365 g/mol. The van der Waals surface area contributed by atoms with Gasteiger partial charge in [0.15, 0.2) is 0 Å². The molecule has 142 valence electrons. The third-order valence-corrected chi connectivity index (χ3v) is 8.14. The predicted molar refractivity (Wildman–Crippen MR) is 105 cm³/mol. The molecule has 1 heterocycles. The molecule has 5 rings (SSSR count). The largest absolute Gasteiger partial charge is 0.393 e. The van der Waals surface area contributed by atoms with Gasteiger partial charge in [-0.2, -0.15) is 0 Å². The Balaban J connectivity index is 1.49. The van der Waals surface area contributed by atoms with E-state index in [-0.39, 0.29) is 22.8 Å². The van der Waals surface area contributed by atoms with E-state index >= 15 is 0 Å². The van der Waals surface area contributed by atoms with Gasteiger partial charge in [0.1, 0.15) is 5.82 Å². The van der Waals surface area contributed by atoms with E-state index in [0.29, 0.717) is 11.8 Å². The third-order valence-electron chi connectivity index (χ3n) is 8.14. The standard InChI is InChI=1S/C24H28FNO/c1-23-9-7-18(27)12-16(23)3-4-19-21-6-5-20(15-11-17(25)14-26-13-15)24(21,2)10-8-22(19)23/h3,5-6,11,13-14,18-19,22,27H,4,7-10,12H2,1-2H3/t18-,19?,22?,23-,24+/m0/s1. The Labute approximate surface area is 160 Å². The van der Waals surface area contributed by atoms with Gasteiger partial charge in [-0.1, -0.05) is 43.2 Å². The van der Waals surface area contributed by atoms with Crippen molar-refractivity contribution in [1.82, 2.24) is 4.98 Å². The molecule has 5 atom stereocenters. The van der Waals surface area contributed by atoms with Gasteiger partial charge in [0.2, 0.25) is 0 Å². The van der Waals surface area contributed by atoms with Crippen molar-refractivity contribution in [3.05, 3.63) is 59.2 Å². The summed E-state index contributed by atoms with van der Waals surface area (Å²) in [5, 5.41) is 10.1. The van der Waals surface area contributed by atoms with Gasteiger partial charge in [-0.3, -0.25) is 4.98 Å². The lowest BCUT2D eigenvalue weighted by atomic mass is 9.49. The highest BCUT2D eigenvalue weighted by molar-refractivity contribution is 5.78. The van der Waals surface area contributed by atoms with Gasteiger partial charge in [-0.05, 0) is 73.0 Å². The van der Waals surface area contributed by atoms with Gasteiger partial charge in [-0.15, -0.1) is 0 Å². The predicted octanol–water partition coefficient (Wildman–Crippen LogP) is 5.46. The Bertz CT molecular complexity index is 884. The van der Waals surface area contributed by atoms with Crippen LogP contribution >= 0.6 is 0 Å². The molecule has 1 N–H and O–H groups in total. The first-order chi connectivity index (χ1) is 12.9. The van der Waals surface area contributed by atoms with Crippen LogP contribution in [0, 0.1) is 28.5 Å². The van der Waals surface area contributed by atoms with Crippen LogP contribution in [0.4, 0.5) is 4.39 Å². The van der Waals surface area contributed by atoms with Crippen LogP contribution in [0.1, 0.15) is 57.9 Å². The van der Waals surface area contributed by atoms with Crippen LogP contribution in [0.5, 0.6) is 0 Å². The smallest absolute Gasteiger partial charge is 0.142 e. The molecule has 1 aromatic rings. The molecule has 3 heteroatoms. The molecule has 0 aromatic carbocycles. The molecule has 0 radical (unpaired) electrons. The minimum absolute atomic E-state index is 0.00742. The van der Waals surface area contributed by atoms with Crippen LogP contribution in [0.2, 0.25) is 0 Å². The molecule has 2 nitrogen and oxygen atoms in total. The lowest BCUT2D eigenvalue weighted by molar-refractivity contribution is 0.0369. The maximum Gasteiger partial charge on any atom is 0.142 e. The van der Waals surface area contributed by atoms with Crippen molar-refractivity contribution >= 4 is 5.57 Å². The molecule has 2 fully saturated rings. The molecular formula is C24H28FNO. The number of halogens is 1. The quantitative estimate of drug-likeness (QED) is 0.671. The summed E-state index contributed by atoms with van der Waals surface area (Å²) in [6, 6.07) is 1.62. The molecule has 2 saturated carbocycles. The van der Waals surface area contributed by atoms with Crippen molar-refractivity contribution in [3.63, 3.8) is 0 Å². The normalized spacial score (nSPS) is 40.3. The highest BCUT2D eigenvalue weighted by Gasteiger charge is 2.54. The Morgan fingerprint density at radius 1 is 1.15 bits per heavy atom. The minimum atomic E-state index is -0.266. The second-order valence-corrected chi connectivity index (χ2v) is 9.46. The molecule has 0 amide bonds. The Morgan fingerprint density at radius 2 is 2.00 bits per heavy atom. The Hall–Kier alpha value is -1.74. The van der Waals surface area contributed by atoms with Gasteiger partial charge in [0.25, 0.3) is 0 Å². The van der Waals surface area contributed by atoms with Crippen LogP contribution in [0.25, 0.3) is 5.57 Å². The molecule has 4 aliphatic rings. The number of hydrogen-bond donors (Lipinski definition) is 1. The Kier molecular flexibility index (Phi) is 3.78. The van der Waals surface area contributed by atoms with E-state index in [9.17, 15) is 9.50 Å². The van der Waals surface area contributed by atoms with E-state index in [0.717, 1.165) is 37.7 Å². The average Bonchev–Trinajstić information content (AvgIpc) is 2.99. The first kappa shape index (κ1) is 17.4. The second kappa shape index (κ2) is 5.88. The SMILES string of the molecule is C[C@]12CCC3C(CC=C4C[C@@H](O)CC[C@@]43C)C1=CC=C2c1cncc(F)c1. The van der Waals surface area contributed by atoms with Crippen LogP contribution in [-0.4, -0.2) is 16.2 Å². The van der Waals surface area contributed by atoms with Crippen LogP contribution in [0.15, 0.2) is 47.8 Å². The minimum Gasteiger partial charge on any atom is -0.393 e. The zero-order valence-corrected chi connectivity index (χ0v) is 16.2. The zero-order chi connectivity index (χ0) is 18.8. The fourth-order valence-electron chi connectivity index (χ4n) is 6.62. The number of nitrogens with zero attached hydrogens (tertiary/aromatic N) is 1. The Morgan fingerprint density at radius 3 is 2.81 bits per heavy atom. The van der Waals surface area contributed by atoms with E-state index in [2.05, 4.69) is 37.1 Å². The van der Waals surface area contributed by atoms with Crippen molar-refractivity contribution in [3.8, 4) is 0 Å². The van der Waals surface area contributed by atoms with Crippen molar-refractivity contribution in [2.75, 3.05) is 0 Å². The molecule has 0 bridgehead atoms. The molecular weight excluding hydrogens is 337 g/mol. The van der Waals surface area contributed by atoms with Gasteiger partial charge in [0, 0.05) is 11.6 Å². The number of aliphatic hydroxyl groups excluding tert-OH is 1. The summed E-state index contributed by atoms with van der Waals surface area (Å²) in [6.07, 6.45) is 16.1. The molecule has 0 saturated heterocycles. The summed E-state index contributed by atoms with van der Waals surface area (Å²) in [5.74, 6) is 0.948. The molecule has 2 unspecified atom stereocenters. The fraction of sp³-hybridized carbons (Fsp3) is 0.542. The number of pyridine rings is 1. The number of allylic oxidation sites excluding steroid dienone is 5. The number of hydrogen-bond acceptors (Lipinski definition) is 2. The lowest BCUT2D eigenvalue weighted by Gasteiger charge is -2.56. The molecule has 0 aliphatic heterocycles. The summed E-state index contributed by atoms with van der Waals surface area (Å²) in [6.45, 7) is 4.77. The van der Waals surface area contributed by atoms with Crippen molar-refractivity contribution in [2.45, 2.75) is 58.5 Å². The van der Waals surface area contributed by atoms with Crippen LogP contribution in [0.3, 0.4) is 0 Å². The lowest BCUT2D eigenvalue weighted by Crippen LogP contribution is -2.47. The number of fused-ring (bicyclic) bond motifs is 5. The highest BCUT2D eigenvalue weighted by atomic mass is 19.1. The fourth-order valence-corrected chi connectivity index (χ4v) is 6.62. The summed E-state index contributed by atoms with van der Waals surface area (Å²) in [5.41, 5.74) is 5.39. The molecule has 27 heavy (non-hydrogen) atoms. The van der Waals surface area contributed by atoms with E-state index < -0.39 is 0 Å². The van der Waals surface area contributed by atoms with Crippen molar-refractivity contribution in [2.24, 2.45) is 22.7 Å². The van der Waals surface area contributed by atoms with Crippen LogP contribution in [-0.2, 0) is 0 Å². The van der Waals surface area contributed by atoms with Crippen molar-refractivity contribution in [1.29, 1.82) is 0 Å². The van der Waals surface area contributed by atoms with Crippen molar-refractivity contribution < 1.29 is 9.50 Å². The maximum atomic E-state index is 13.8. The summed E-state index contributed by atoms with van der Waals surface area (Å²) in [7, 11) is 0. The number of rotatable bonds is 1. The molecule has 1 aromatic heterocycles. The van der Waals surface area contributed by atoms with E-state index in [1.165, 1.54) is 29.3 Å². The second-order valence-electron chi connectivity index (χ2n) is 9.46. The first-order valence-electron chi connectivity index (χ1n) is 10.3. The van der Waals surface area contributed by atoms with E-state index in [1.807, 2.05) is 0 Å². The van der Waals surface area contributed by atoms with Gasteiger partial charge < -0.3 is 5.11 Å². The van der Waals surface area contributed by atoms with Crippen LogP contribution < -0.4 is 0 Å². The number of aliphatic hydroxyl groups is 1. The van der Waals surface area contributed by atoms with Gasteiger partial charge in [0.05, 0.1) is 12.3 Å². The van der Waals surface area contributed by atoms with Gasteiger partial charge in [-0.25, -0.2) is 4.39 Å². The highest BCUT2D eigenvalue weighted by Crippen LogP contribution is 2.64.